The molecule has 3 nitrogen and oxygen atoms in total. The minimum Gasteiger partial charge on any atom is -0.507 e. The van der Waals surface area contributed by atoms with Crippen molar-refractivity contribution in [2.45, 2.75) is 26.2 Å². The quantitative estimate of drug-likeness (QED) is 0.752. The zero-order valence-corrected chi connectivity index (χ0v) is 8.86. The number of phenols is 1. The second kappa shape index (κ2) is 5.92. The van der Waals surface area contributed by atoms with Crippen LogP contribution in [0, 0.1) is 11.3 Å². The Balaban J connectivity index is 2.52. The van der Waals surface area contributed by atoms with Crippen LogP contribution in [-0.4, -0.2) is 11.7 Å². The van der Waals surface area contributed by atoms with Crippen molar-refractivity contribution in [1.29, 1.82) is 5.26 Å². The van der Waals surface area contributed by atoms with Gasteiger partial charge in [0, 0.05) is 6.07 Å². The highest BCUT2D eigenvalue weighted by atomic mass is 16.5. The number of unbranched alkanes of at least 4 members (excludes halogenated alkanes) is 2. The number of rotatable bonds is 5. The first-order valence-electron chi connectivity index (χ1n) is 5.14. The summed E-state index contributed by atoms with van der Waals surface area (Å²) in [6.45, 7) is 2.79. The molecule has 0 heterocycles. The molecule has 0 aliphatic heterocycles. The van der Waals surface area contributed by atoms with Gasteiger partial charge in [0.25, 0.3) is 0 Å². The Bertz CT molecular complexity index is 355. The van der Waals surface area contributed by atoms with Gasteiger partial charge in [-0.2, -0.15) is 5.26 Å². The van der Waals surface area contributed by atoms with Crippen LogP contribution in [0.1, 0.15) is 31.7 Å². The molecule has 0 unspecified atom stereocenters. The average molecular weight is 205 g/mol. The molecule has 0 amide bonds. The van der Waals surface area contributed by atoms with Gasteiger partial charge in [-0.05, 0) is 18.6 Å². The predicted octanol–water partition coefficient (Wildman–Crippen LogP) is 2.83. The van der Waals surface area contributed by atoms with Crippen molar-refractivity contribution in [2.75, 3.05) is 6.61 Å². The molecule has 0 fully saturated rings. The van der Waals surface area contributed by atoms with Crippen molar-refractivity contribution in [3.05, 3.63) is 23.8 Å². The predicted molar refractivity (Wildman–Crippen MR) is 57.8 cm³/mol. The lowest BCUT2D eigenvalue weighted by Gasteiger charge is -2.06. The number of hydrogen-bond acceptors (Lipinski definition) is 3. The van der Waals surface area contributed by atoms with Crippen molar-refractivity contribution in [2.24, 2.45) is 0 Å². The summed E-state index contributed by atoms with van der Waals surface area (Å²) in [5, 5.41) is 18.0. The van der Waals surface area contributed by atoms with E-state index in [-0.39, 0.29) is 11.3 Å². The van der Waals surface area contributed by atoms with Crippen LogP contribution < -0.4 is 4.74 Å². The second-order valence-electron chi connectivity index (χ2n) is 3.35. The molecule has 0 aliphatic rings. The first-order chi connectivity index (χ1) is 7.27. The van der Waals surface area contributed by atoms with E-state index in [1.54, 1.807) is 12.1 Å². The Labute approximate surface area is 89.9 Å². The fraction of sp³-hybridized carbons (Fsp3) is 0.417. The van der Waals surface area contributed by atoms with Crippen LogP contribution in [0.25, 0.3) is 0 Å². The van der Waals surface area contributed by atoms with Gasteiger partial charge < -0.3 is 9.84 Å². The molecule has 0 aliphatic carbocycles. The first kappa shape index (κ1) is 11.4. The van der Waals surface area contributed by atoms with Crippen LogP contribution in [0.15, 0.2) is 18.2 Å². The third-order valence-corrected chi connectivity index (χ3v) is 2.11. The lowest BCUT2D eigenvalue weighted by Crippen LogP contribution is -1.97. The SMILES string of the molecule is CCCCCOc1ccc(O)c(C#N)c1. The largest absolute Gasteiger partial charge is 0.507 e. The summed E-state index contributed by atoms with van der Waals surface area (Å²) in [6, 6.07) is 6.61. The van der Waals surface area contributed by atoms with Crippen LogP contribution >= 0.6 is 0 Å². The normalized spacial score (nSPS) is 9.60. The van der Waals surface area contributed by atoms with Gasteiger partial charge in [0.05, 0.1) is 12.2 Å². The van der Waals surface area contributed by atoms with Crippen molar-refractivity contribution >= 4 is 0 Å². The molecular weight excluding hydrogens is 190 g/mol. The molecule has 3 heteroatoms. The van der Waals surface area contributed by atoms with Crippen LogP contribution in [0.4, 0.5) is 0 Å². The lowest BCUT2D eigenvalue weighted by atomic mass is 10.2. The van der Waals surface area contributed by atoms with Crippen molar-refractivity contribution in [3.8, 4) is 17.6 Å². The van der Waals surface area contributed by atoms with E-state index >= 15 is 0 Å². The molecule has 1 aromatic carbocycles. The topological polar surface area (TPSA) is 53.2 Å². The Morgan fingerprint density at radius 3 is 2.87 bits per heavy atom. The Hall–Kier alpha value is -1.69. The smallest absolute Gasteiger partial charge is 0.133 e. The fourth-order valence-electron chi connectivity index (χ4n) is 1.24. The highest BCUT2D eigenvalue weighted by Crippen LogP contribution is 2.22. The summed E-state index contributed by atoms with van der Waals surface area (Å²) in [7, 11) is 0. The van der Waals surface area contributed by atoms with Gasteiger partial charge in [-0.3, -0.25) is 0 Å². The van der Waals surface area contributed by atoms with Crippen LogP contribution in [0.5, 0.6) is 11.5 Å². The van der Waals surface area contributed by atoms with Gasteiger partial charge in [-0.15, -0.1) is 0 Å². The van der Waals surface area contributed by atoms with E-state index < -0.39 is 0 Å². The van der Waals surface area contributed by atoms with Gasteiger partial charge in [0.15, 0.2) is 0 Å². The maximum atomic E-state index is 9.27. The summed E-state index contributed by atoms with van der Waals surface area (Å²) in [4.78, 5) is 0. The van der Waals surface area contributed by atoms with Gasteiger partial charge in [0.1, 0.15) is 17.6 Å². The fourth-order valence-corrected chi connectivity index (χ4v) is 1.24. The number of aromatic hydroxyl groups is 1. The third-order valence-electron chi connectivity index (χ3n) is 2.11. The zero-order valence-electron chi connectivity index (χ0n) is 8.86. The molecule has 0 saturated heterocycles. The average Bonchev–Trinajstić information content (AvgIpc) is 2.26. The first-order valence-corrected chi connectivity index (χ1v) is 5.14. The number of hydrogen-bond donors (Lipinski definition) is 1. The summed E-state index contributed by atoms with van der Waals surface area (Å²) in [5.74, 6) is 0.638. The van der Waals surface area contributed by atoms with Crippen molar-refractivity contribution in [3.63, 3.8) is 0 Å². The summed E-state index contributed by atoms with van der Waals surface area (Å²) in [6.07, 6.45) is 3.31. The number of ether oxygens (including phenoxy) is 1. The molecule has 0 atom stereocenters. The van der Waals surface area contributed by atoms with Crippen molar-refractivity contribution in [1.82, 2.24) is 0 Å². The molecular formula is C12H15NO2. The molecule has 15 heavy (non-hydrogen) atoms. The minimum absolute atomic E-state index is 0.00147. The number of nitrogens with zero attached hydrogens (tertiary/aromatic N) is 1. The molecule has 80 valence electrons. The minimum atomic E-state index is -0.00147. The van der Waals surface area contributed by atoms with Gasteiger partial charge in [-0.1, -0.05) is 19.8 Å². The van der Waals surface area contributed by atoms with Crippen LogP contribution in [0.2, 0.25) is 0 Å². The maximum Gasteiger partial charge on any atom is 0.133 e. The lowest BCUT2D eigenvalue weighted by molar-refractivity contribution is 0.305. The van der Waals surface area contributed by atoms with E-state index in [4.69, 9.17) is 10.00 Å². The van der Waals surface area contributed by atoms with Gasteiger partial charge in [-0.25, -0.2) is 0 Å². The maximum absolute atomic E-state index is 9.27. The highest BCUT2D eigenvalue weighted by Gasteiger charge is 2.01. The summed E-state index contributed by atoms with van der Waals surface area (Å²) < 4.78 is 5.44. The van der Waals surface area contributed by atoms with Crippen LogP contribution in [0.3, 0.4) is 0 Å². The Kier molecular flexibility index (Phi) is 4.49. The monoisotopic (exact) mass is 205 g/mol. The zero-order chi connectivity index (χ0) is 11.1. The van der Waals surface area contributed by atoms with E-state index in [9.17, 15) is 5.11 Å². The van der Waals surface area contributed by atoms with E-state index in [0.717, 1.165) is 19.3 Å². The van der Waals surface area contributed by atoms with Gasteiger partial charge >= 0.3 is 0 Å². The molecule has 0 bridgehead atoms. The molecule has 0 spiro atoms. The molecule has 0 saturated carbocycles. The van der Waals surface area contributed by atoms with E-state index in [0.29, 0.717) is 12.4 Å². The number of nitriles is 1. The van der Waals surface area contributed by atoms with E-state index in [2.05, 4.69) is 6.92 Å². The highest BCUT2D eigenvalue weighted by molar-refractivity contribution is 5.46. The molecule has 1 N–H and O–H groups in total. The molecule has 1 rings (SSSR count). The molecule has 0 radical (unpaired) electrons. The van der Waals surface area contributed by atoms with Crippen molar-refractivity contribution < 1.29 is 9.84 Å². The summed E-state index contributed by atoms with van der Waals surface area (Å²) in [5.41, 5.74) is 0.253. The third kappa shape index (κ3) is 3.51. The Morgan fingerprint density at radius 1 is 1.40 bits per heavy atom. The number of benzene rings is 1. The molecule has 1 aromatic rings. The van der Waals surface area contributed by atoms with Crippen LogP contribution in [-0.2, 0) is 0 Å². The van der Waals surface area contributed by atoms with Gasteiger partial charge in [0.2, 0.25) is 0 Å². The molecule has 0 aromatic heterocycles. The Morgan fingerprint density at radius 2 is 2.20 bits per heavy atom. The standard InChI is InChI=1S/C12H15NO2/c1-2-3-4-7-15-11-5-6-12(14)10(8-11)9-13/h5-6,8,14H,2-4,7H2,1H3. The second-order valence-corrected chi connectivity index (χ2v) is 3.35. The van der Waals surface area contributed by atoms with E-state index in [1.165, 1.54) is 6.07 Å². The van der Waals surface area contributed by atoms with E-state index in [1.807, 2.05) is 6.07 Å². The number of phenolic OH excluding ortho intramolecular Hbond substituents is 1. The summed E-state index contributed by atoms with van der Waals surface area (Å²) >= 11 is 0.